The van der Waals surface area contributed by atoms with E-state index in [0.29, 0.717) is 42.7 Å². The maximum absolute atomic E-state index is 13.9. The van der Waals surface area contributed by atoms with Crippen LogP contribution in [0, 0.1) is 34.5 Å². The highest BCUT2D eigenvalue weighted by Crippen LogP contribution is 2.66. The molecule has 63 heavy (non-hydrogen) atoms. The van der Waals surface area contributed by atoms with Crippen molar-refractivity contribution in [2.24, 2.45) is 34.5 Å². The molecular weight excluding hydrogens is 828 g/mol. The molecule has 358 valence electrons. The van der Waals surface area contributed by atoms with Gasteiger partial charge in [-0.05, 0) is 98.9 Å². The van der Waals surface area contributed by atoms with E-state index in [-0.39, 0.29) is 53.9 Å². The van der Waals surface area contributed by atoms with Crippen LogP contribution in [0.2, 0.25) is 0 Å². The van der Waals surface area contributed by atoms with E-state index >= 15 is 0 Å². The Morgan fingerprint density at radius 1 is 0.762 bits per heavy atom. The number of aliphatic hydroxyl groups excluding tert-OH is 10. The van der Waals surface area contributed by atoms with E-state index in [9.17, 15) is 60.7 Å². The van der Waals surface area contributed by atoms with E-state index in [1.165, 1.54) is 12.5 Å². The van der Waals surface area contributed by atoms with E-state index in [1.807, 2.05) is 6.92 Å². The van der Waals surface area contributed by atoms with Crippen molar-refractivity contribution in [3.63, 3.8) is 0 Å². The summed E-state index contributed by atoms with van der Waals surface area (Å²) in [6.07, 6.45) is -13.5. The molecule has 4 aliphatic carbocycles. The molecule has 3 aliphatic heterocycles. The number of Topliss-reactive ketones (excluding diaryl/α,β-unsaturated/α-hetero) is 2. The number of carbonyl (C=O) groups is 2. The molecule has 18 heteroatoms. The maximum atomic E-state index is 13.9. The molecule has 3 heterocycles. The Morgan fingerprint density at radius 3 is 2.08 bits per heavy atom. The van der Waals surface area contributed by atoms with Crippen molar-refractivity contribution in [3.05, 3.63) is 22.8 Å². The van der Waals surface area contributed by atoms with Crippen LogP contribution in [0.3, 0.4) is 0 Å². The van der Waals surface area contributed by atoms with Crippen LogP contribution in [0.5, 0.6) is 0 Å². The fourth-order valence-corrected chi connectivity index (χ4v) is 12.1. The van der Waals surface area contributed by atoms with Crippen LogP contribution in [0.1, 0.15) is 92.4 Å². The summed E-state index contributed by atoms with van der Waals surface area (Å²) in [6.45, 7) is 8.47. The molecule has 3 saturated carbocycles. The van der Waals surface area contributed by atoms with Crippen molar-refractivity contribution in [1.82, 2.24) is 0 Å². The molecule has 0 aromatic heterocycles. The second kappa shape index (κ2) is 19.4. The average Bonchev–Trinajstić information content (AvgIpc) is 3.54. The summed E-state index contributed by atoms with van der Waals surface area (Å²) >= 11 is 0. The fraction of sp³-hybridized carbons (Fsp3) is 0.867. The third-order valence-electron chi connectivity index (χ3n) is 16.0. The summed E-state index contributed by atoms with van der Waals surface area (Å²) in [4.78, 5) is 27.6. The van der Waals surface area contributed by atoms with Gasteiger partial charge in [0.1, 0.15) is 67.1 Å². The molecule has 0 unspecified atom stereocenters. The van der Waals surface area contributed by atoms with Crippen molar-refractivity contribution < 1.29 is 89.1 Å². The molecule has 18 nitrogen and oxygen atoms in total. The van der Waals surface area contributed by atoms with Gasteiger partial charge in [-0.3, -0.25) is 9.59 Å². The number of carbonyl (C=O) groups excluding carboxylic acids is 2. The van der Waals surface area contributed by atoms with Crippen LogP contribution in [0.15, 0.2) is 22.8 Å². The number of aliphatic hydroxyl groups is 10. The van der Waals surface area contributed by atoms with Gasteiger partial charge in [-0.2, -0.15) is 0 Å². The van der Waals surface area contributed by atoms with Gasteiger partial charge in [-0.25, -0.2) is 0 Å². The highest BCUT2D eigenvalue weighted by molar-refractivity contribution is 6.08. The third kappa shape index (κ3) is 9.15. The standard InChI is InChI=1S/C45H70O18/c1-19(18-58-41-37(55)35(53)33(51)29(16-46)61-41)6-9-27(48)20(2)31-28(49)15-26-24-8-7-22-14-23(10-12-44(22,4)25(24)11-13-45(26,31)5)60-43-39(57)36(54)40(30(17-47)62-43)63-42-38(56)34(52)32(50)21(3)59-42/h7,19,21,23-26,29-30,32-43,46-47,50-57H,6,8-18H2,1-5H3/b31-20+/t19-,21+,23+,24-,25+,26+,29-,30-,32+,33-,34-,35+,36-,37-,38-,39-,40-,41-,42+,43-,44+,45+/m1/s1. The highest BCUT2D eigenvalue weighted by Gasteiger charge is 2.60. The van der Waals surface area contributed by atoms with Crippen LogP contribution in [-0.2, 0) is 38.0 Å². The first kappa shape index (κ1) is 49.1. The number of fused-ring (bicyclic) bond motifs is 5. The van der Waals surface area contributed by atoms with Crippen molar-refractivity contribution in [1.29, 1.82) is 0 Å². The van der Waals surface area contributed by atoms with E-state index in [1.54, 1.807) is 6.92 Å². The second-order valence-electron chi connectivity index (χ2n) is 19.9. The van der Waals surface area contributed by atoms with Crippen LogP contribution in [0.25, 0.3) is 0 Å². The first-order valence-electron chi connectivity index (χ1n) is 22.8. The molecule has 0 aromatic rings. The molecule has 0 amide bonds. The number of hydrogen-bond donors (Lipinski definition) is 10. The molecule has 0 spiro atoms. The molecule has 22 atom stereocenters. The van der Waals surface area contributed by atoms with Crippen molar-refractivity contribution in [3.8, 4) is 0 Å². The summed E-state index contributed by atoms with van der Waals surface area (Å²) in [5, 5.41) is 103. The van der Waals surface area contributed by atoms with Crippen molar-refractivity contribution >= 4 is 11.6 Å². The van der Waals surface area contributed by atoms with Crippen molar-refractivity contribution in [2.75, 3.05) is 19.8 Å². The van der Waals surface area contributed by atoms with Crippen LogP contribution < -0.4 is 0 Å². The zero-order valence-corrected chi connectivity index (χ0v) is 36.8. The topological polar surface area (TPSA) is 292 Å². The van der Waals surface area contributed by atoms with Gasteiger partial charge in [0.2, 0.25) is 0 Å². The lowest BCUT2D eigenvalue weighted by atomic mass is 9.47. The number of ketones is 2. The Hall–Kier alpha value is -1.82. The second-order valence-corrected chi connectivity index (χ2v) is 19.9. The molecule has 0 aromatic carbocycles. The summed E-state index contributed by atoms with van der Waals surface area (Å²) in [5.41, 5.74) is 1.79. The third-order valence-corrected chi connectivity index (χ3v) is 16.0. The number of hydrogen-bond acceptors (Lipinski definition) is 18. The lowest BCUT2D eigenvalue weighted by molar-refractivity contribution is -0.360. The lowest BCUT2D eigenvalue weighted by Crippen LogP contribution is -2.64. The predicted octanol–water partition coefficient (Wildman–Crippen LogP) is -0.716. The van der Waals surface area contributed by atoms with Gasteiger partial charge in [-0.1, -0.05) is 32.4 Å². The van der Waals surface area contributed by atoms with Gasteiger partial charge in [-0.15, -0.1) is 0 Å². The van der Waals surface area contributed by atoms with E-state index < -0.39 is 111 Å². The maximum Gasteiger partial charge on any atom is 0.187 e. The minimum Gasteiger partial charge on any atom is -0.394 e. The molecule has 7 aliphatic rings. The van der Waals surface area contributed by atoms with Gasteiger partial charge in [0, 0.05) is 18.4 Å². The minimum atomic E-state index is -1.66. The summed E-state index contributed by atoms with van der Waals surface area (Å²) in [6, 6.07) is 0. The van der Waals surface area contributed by atoms with Crippen LogP contribution in [-0.4, -0.2) is 181 Å². The smallest absolute Gasteiger partial charge is 0.187 e. The van der Waals surface area contributed by atoms with E-state index in [0.717, 1.165) is 25.7 Å². The Kier molecular flexibility index (Phi) is 15.1. The first-order chi connectivity index (χ1) is 29.7. The Labute approximate surface area is 367 Å². The summed E-state index contributed by atoms with van der Waals surface area (Å²) < 4.78 is 34.6. The largest absolute Gasteiger partial charge is 0.394 e. The predicted molar refractivity (Wildman–Crippen MR) is 218 cm³/mol. The van der Waals surface area contributed by atoms with E-state index in [4.69, 9.17) is 28.4 Å². The SMILES string of the molecule is C/C(C(=O)CC[C@@H](C)CO[C@@H]1O[C@H](CO)[C@@H](O)[C@H](O)[C@H]1O)=C1/C(=O)C[C@H]2[C@@H]3CC=C4C[C@@H](O[C@@H]5O[C@H](CO)[C@@H](O[C@@H]6O[C@@H](C)[C@H](O)[C@@H](O)[C@H]6O)[C@H](O)[C@H]5O)CC[C@]4(C)[C@H]3CC[C@]12C. The van der Waals surface area contributed by atoms with Crippen LogP contribution in [0.4, 0.5) is 0 Å². The Bertz CT molecular complexity index is 1700. The summed E-state index contributed by atoms with van der Waals surface area (Å²) in [5.74, 6) is 0.398. The molecule has 6 fully saturated rings. The molecule has 10 N–H and O–H groups in total. The Balaban J connectivity index is 0.948. The monoisotopic (exact) mass is 898 g/mol. The first-order valence-corrected chi connectivity index (χ1v) is 22.8. The van der Waals surface area contributed by atoms with Gasteiger partial charge >= 0.3 is 0 Å². The van der Waals surface area contributed by atoms with Crippen LogP contribution >= 0.6 is 0 Å². The highest BCUT2D eigenvalue weighted by atomic mass is 16.7. The fourth-order valence-electron chi connectivity index (χ4n) is 12.1. The number of ether oxygens (including phenoxy) is 6. The molecular formula is C45H70O18. The lowest BCUT2D eigenvalue weighted by Gasteiger charge is -2.57. The van der Waals surface area contributed by atoms with E-state index in [2.05, 4.69) is 19.9 Å². The zero-order valence-electron chi connectivity index (χ0n) is 36.8. The average molecular weight is 899 g/mol. The molecule has 7 rings (SSSR count). The molecule has 0 radical (unpaired) electrons. The number of allylic oxidation sites excluding steroid dienone is 3. The quantitative estimate of drug-likeness (QED) is 0.0807. The van der Waals surface area contributed by atoms with Gasteiger partial charge in [0.25, 0.3) is 0 Å². The van der Waals surface area contributed by atoms with Gasteiger partial charge in [0.15, 0.2) is 30.4 Å². The Morgan fingerprint density at radius 2 is 1.38 bits per heavy atom. The number of rotatable bonds is 13. The molecule has 0 bridgehead atoms. The van der Waals surface area contributed by atoms with Crippen molar-refractivity contribution in [2.45, 2.75) is 191 Å². The molecule has 3 saturated heterocycles. The normalized spacial score (nSPS) is 49.0. The zero-order chi connectivity index (χ0) is 45.9. The van der Waals surface area contributed by atoms with Gasteiger partial charge in [0.05, 0.1) is 32.0 Å². The summed E-state index contributed by atoms with van der Waals surface area (Å²) in [7, 11) is 0. The minimum absolute atomic E-state index is 0.0282. The van der Waals surface area contributed by atoms with Gasteiger partial charge < -0.3 is 79.5 Å².